The van der Waals surface area contributed by atoms with Crippen molar-refractivity contribution in [1.82, 2.24) is 5.32 Å². The minimum absolute atomic E-state index is 0.289. The van der Waals surface area contributed by atoms with Crippen LogP contribution in [0.1, 0.15) is 34.6 Å². The van der Waals surface area contributed by atoms with Gasteiger partial charge in [-0.05, 0) is 34.6 Å². The summed E-state index contributed by atoms with van der Waals surface area (Å²) in [5.41, 5.74) is 0. The van der Waals surface area contributed by atoms with Crippen LogP contribution in [-0.2, 0) is 28.4 Å². The third kappa shape index (κ3) is 3.46. The van der Waals surface area contributed by atoms with E-state index in [4.69, 9.17) is 28.4 Å². The number of amides is 1. The van der Waals surface area contributed by atoms with Gasteiger partial charge in [0.25, 0.3) is 0 Å². The number of fused-ring (bicyclic) bond motifs is 1. The second-order valence-corrected chi connectivity index (χ2v) is 6.83. The van der Waals surface area contributed by atoms with E-state index in [1.54, 1.807) is 6.92 Å². The summed E-state index contributed by atoms with van der Waals surface area (Å²) >= 11 is 0. The molecule has 0 spiro atoms. The van der Waals surface area contributed by atoms with Gasteiger partial charge in [0.15, 0.2) is 17.9 Å². The Labute approximate surface area is 135 Å². The molecule has 23 heavy (non-hydrogen) atoms. The Kier molecular flexibility index (Phi) is 4.31. The number of hydrogen-bond donors (Lipinski definition) is 1. The summed E-state index contributed by atoms with van der Waals surface area (Å²) in [6.07, 6.45) is -2.26. The monoisotopic (exact) mass is 331 g/mol. The zero-order valence-corrected chi connectivity index (χ0v) is 14.2. The Balaban J connectivity index is 1.75. The molecule has 3 rings (SSSR count). The van der Waals surface area contributed by atoms with E-state index < -0.39 is 42.2 Å². The highest BCUT2D eigenvalue weighted by Gasteiger charge is 2.58. The van der Waals surface area contributed by atoms with Gasteiger partial charge in [0, 0.05) is 0 Å². The fourth-order valence-corrected chi connectivity index (χ4v) is 3.20. The molecular weight excluding hydrogens is 306 g/mol. The van der Waals surface area contributed by atoms with Crippen molar-refractivity contribution in [3.05, 3.63) is 0 Å². The van der Waals surface area contributed by atoms with Crippen molar-refractivity contribution < 1.29 is 33.2 Å². The minimum Gasteiger partial charge on any atom is -0.450 e. The molecule has 3 fully saturated rings. The molecule has 132 valence electrons. The first-order chi connectivity index (χ1) is 10.7. The highest BCUT2D eigenvalue weighted by atomic mass is 16.8. The maximum Gasteiger partial charge on any atom is 0.407 e. The summed E-state index contributed by atoms with van der Waals surface area (Å²) in [6, 6.07) is -0.441. The van der Waals surface area contributed by atoms with Crippen LogP contribution in [0.15, 0.2) is 0 Å². The molecule has 1 N–H and O–H groups in total. The smallest absolute Gasteiger partial charge is 0.407 e. The lowest BCUT2D eigenvalue weighted by atomic mass is 10.0. The molecular formula is C15H25NO7. The third-order valence-corrected chi connectivity index (χ3v) is 4.04. The first-order valence-electron chi connectivity index (χ1n) is 7.97. The standard InChI is InChI=1S/C15H25NO7/c1-6-18-13(17)16-9-10(8-7-19-14(2,3)21-8)20-12-11(9)22-15(4,5)23-12/h8-12H,6-7H2,1-5H3,(H,16,17)/t8-,9-,10-,11-,12-/m1/s1. The average molecular weight is 331 g/mol. The quantitative estimate of drug-likeness (QED) is 0.830. The van der Waals surface area contributed by atoms with E-state index in [1.807, 2.05) is 27.7 Å². The summed E-state index contributed by atoms with van der Waals surface area (Å²) < 4.78 is 34.1. The van der Waals surface area contributed by atoms with Crippen LogP contribution >= 0.6 is 0 Å². The van der Waals surface area contributed by atoms with Crippen LogP contribution in [0.3, 0.4) is 0 Å². The van der Waals surface area contributed by atoms with Crippen LogP contribution in [0.25, 0.3) is 0 Å². The number of ether oxygens (including phenoxy) is 6. The van der Waals surface area contributed by atoms with E-state index in [-0.39, 0.29) is 12.7 Å². The van der Waals surface area contributed by atoms with E-state index in [1.165, 1.54) is 0 Å². The topological polar surface area (TPSA) is 84.5 Å². The molecule has 0 aromatic heterocycles. The fraction of sp³-hybridized carbons (Fsp3) is 0.933. The average Bonchev–Trinajstić information content (AvgIpc) is 3.01. The van der Waals surface area contributed by atoms with Crippen molar-refractivity contribution in [1.29, 1.82) is 0 Å². The predicted octanol–water partition coefficient (Wildman–Crippen LogP) is 1.13. The largest absolute Gasteiger partial charge is 0.450 e. The Morgan fingerprint density at radius 1 is 1.13 bits per heavy atom. The van der Waals surface area contributed by atoms with Crippen LogP contribution in [0.5, 0.6) is 0 Å². The molecule has 0 bridgehead atoms. The van der Waals surface area contributed by atoms with Crippen molar-refractivity contribution in [2.24, 2.45) is 0 Å². The number of hydrogen-bond acceptors (Lipinski definition) is 7. The number of rotatable bonds is 3. The van der Waals surface area contributed by atoms with Crippen molar-refractivity contribution in [2.45, 2.75) is 76.8 Å². The van der Waals surface area contributed by atoms with Crippen LogP contribution in [0.2, 0.25) is 0 Å². The lowest BCUT2D eigenvalue weighted by molar-refractivity contribution is -0.223. The molecule has 0 aromatic rings. The summed E-state index contributed by atoms with van der Waals surface area (Å²) in [5.74, 6) is -1.44. The zero-order chi connectivity index (χ0) is 16.8. The van der Waals surface area contributed by atoms with Gasteiger partial charge in [0.2, 0.25) is 0 Å². The highest BCUT2D eigenvalue weighted by molar-refractivity contribution is 5.67. The number of carbonyl (C=O) groups excluding carboxylic acids is 1. The first-order valence-corrected chi connectivity index (χ1v) is 7.97. The molecule has 3 heterocycles. The van der Waals surface area contributed by atoms with E-state index in [2.05, 4.69) is 5.32 Å². The summed E-state index contributed by atoms with van der Waals surface area (Å²) in [5, 5.41) is 2.82. The molecule has 0 aliphatic carbocycles. The van der Waals surface area contributed by atoms with Gasteiger partial charge in [-0.15, -0.1) is 0 Å². The molecule has 1 amide bonds. The van der Waals surface area contributed by atoms with E-state index in [0.717, 1.165) is 0 Å². The second kappa shape index (κ2) is 5.86. The van der Waals surface area contributed by atoms with Crippen molar-refractivity contribution >= 4 is 6.09 Å². The predicted molar refractivity (Wildman–Crippen MR) is 77.5 cm³/mol. The Morgan fingerprint density at radius 3 is 2.48 bits per heavy atom. The molecule has 8 nitrogen and oxygen atoms in total. The van der Waals surface area contributed by atoms with Crippen LogP contribution < -0.4 is 5.32 Å². The third-order valence-electron chi connectivity index (χ3n) is 4.04. The van der Waals surface area contributed by atoms with Gasteiger partial charge in [-0.2, -0.15) is 0 Å². The van der Waals surface area contributed by atoms with Gasteiger partial charge in [-0.25, -0.2) is 4.79 Å². The second-order valence-electron chi connectivity index (χ2n) is 6.83. The number of nitrogens with one attached hydrogen (secondary N) is 1. The lowest BCUT2D eigenvalue weighted by Crippen LogP contribution is -2.52. The molecule has 8 heteroatoms. The van der Waals surface area contributed by atoms with Gasteiger partial charge in [-0.1, -0.05) is 0 Å². The maximum absolute atomic E-state index is 11.9. The summed E-state index contributed by atoms with van der Waals surface area (Å²) in [4.78, 5) is 11.9. The number of alkyl carbamates (subject to hydrolysis) is 1. The van der Waals surface area contributed by atoms with Crippen LogP contribution in [-0.4, -0.2) is 61.5 Å². The van der Waals surface area contributed by atoms with Crippen molar-refractivity contribution in [3.63, 3.8) is 0 Å². The molecule has 3 saturated heterocycles. The molecule has 0 aromatic carbocycles. The van der Waals surface area contributed by atoms with E-state index >= 15 is 0 Å². The molecule has 3 aliphatic rings. The Hall–Kier alpha value is -0.930. The Morgan fingerprint density at radius 2 is 1.87 bits per heavy atom. The first kappa shape index (κ1) is 16.9. The normalized spacial score (nSPS) is 40.8. The summed E-state index contributed by atoms with van der Waals surface area (Å²) in [7, 11) is 0. The van der Waals surface area contributed by atoms with Gasteiger partial charge < -0.3 is 33.7 Å². The SMILES string of the molecule is CCOC(=O)N[C@H]1[C@H]2OC(C)(C)O[C@H]2O[C@@H]1[C@H]1COC(C)(C)O1. The molecule has 0 radical (unpaired) electrons. The lowest BCUT2D eigenvalue weighted by Gasteiger charge is -2.29. The van der Waals surface area contributed by atoms with E-state index in [9.17, 15) is 4.79 Å². The molecule has 5 atom stereocenters. The Bertz CT molecular complexity index is 467. The fourth-order valence-electron chi connectivity index (χ4n) is 3.20. The van der Waals surface area contributed by atoms with Gasteiger partial charge in [-0.3, -0.25) is 0 Å². The zero-order valence-electron chi connectivity index (χ0n) is 14.2. The molecule has 0 saturated carbocycles. The van der Waals surface area contributed by atoms with Crippen molar-refractivity contribution in [3.8, 4) is 0 Å². The van der Waals surface area contributed by atoms with Gasteiger partial charge in [0.1, 0.15) is 18.3 Å². The van der Waals surface area contributed by atoms with Crippen LogP contribution in [0.4, 0.5) is 4.79 Å². The maximum atomic E-state index is 11.9. The van der Waals surface area contributed by atoms with Crippen molar-refractivity contribution in [2.75, 3.05) is 13.2 Å². The van der Waals surface area contributed by atoms with Gasteiger partial charge >= 0.3 is 6.09 Å². The molecule has 3 aliphatic heterocycles. The van der Waals surface area contributed by atoms with E-state index in [0.29, 0.717) is 6.61 Å². The van der Waals surface area contributed by atoms with Gasteiger partial charge in [0.05, 0.1) is 19.3 Å². The molecule has 0 unspecified atom stereocenters. The summed E-state index contributed by atoms with van der Waals surface area (Å²) in [6.45, 7) is 9.71. The highest BCUT2D eigenvalue weighted by Crippen LogP contribution is 2.40. The van der Waals surface area contributed by atoms with Crippen LogP contribution in [0, 0.1) is 0 Å². The minimum atomic E-state index is -0.763. The number of carbonyl (C=O) groups is 1.